The highest BCUT2D eigenvalue weighted by Crippen LogP contribution is 2.41. The molecule has 0 spiro atoms. The molecule has 5 heterocycles. The molecule has 2 aromatic carbocycles. The predicted molar refractivity (Wildman–Crippen MR) is 183 cm³/mol. The molecule has 0 unspecified atom stereocenters. The van der Waals surface area contributed by atoms with Gasteiger partial charge in [0.2, 0.25) is 0 Å². The van der Waals surface area contributed by atoms with Crippen molar-refractivity contribution in [3.05, 3.63) is 89.1 Å². The first-order chi connectivity index (χ1) is 21.9. The SMILES string of the molecule is COC(=O)[C@@H](OC(C)(C)C)c1c(C)nc2cc3nn2c1N1CCC(C)(C=CC=CCOc2ccc(Cl)cc2-c2cccc-3c2)CC1. The van der Waals surface area contributed by atoms with E-state index in [0.29, 0.717) is 28.5 Å². The van der Waals surface area contributed by atoms with Gasteiger partial charge in [-0.3, -0.25) is 0 Å². The van der Waals surface area contributed by atoms with Gasteiger partial charge in [-0.2, -0.15) is 9.61 Å². The molecule has 6 bridgehead atoms. The third-order valence-electron chi connectivity index (χ3n) is 8.65. The van der Waals surface area contributed by atoms with E-state index in [1.54, 1.807) is 0 Å². The number of nitrogens with zero attached hydrogens (tertiary/aromatic N) is 4. The van der Waals surface area contributed by atoms with Gasteiger partial charge in [0, 0.05) is 41.0 Å². The van der Waals surface area contributed by atoms with Crippen LogP contribution in [0.15, 0.2) is 72.8 Å². The summed E-state index contributed by atoms with van der Waals surface area (Å²) in [5, 5.41) is 5.77. The molecule has 240 valence electrons. The Morgan fingerprint density at radius 2 is 1.83 bits per heavy atom. The largest absolute Gasteiger partial charge is 0.489 e. The van der Waals surface area contributed by atoms with Crippen LogP contribution in [-0.2, 0) is 14.3 Å². The van der Waals surface area contributed by atoms with Crippen LogP contribution >= 0.6 is 11.6 Å². The Labute approximate surface area is 275 Å². The van der Waals surface area contributed by atoms with Crippen LogP contribution in [0.1, 0.15) is 57.9 Å². The van der Waals surface area contributed by atoms with Gasteiger partial charge < -0.3 is 19.1 Å². The van der Waals surface area contributed by atoms with Gasteiger partial charge in [-0.1, -0.05) is 55.0 Å². The smallest absolute Gasteiger partial charge is 0.339 e. The Morgan fingerprint density at radius 1 is 1.07 bits per heavy atom. The number of hydrogen-bond acceptors (Lipinski definition) is 7. The van der Waals surface area contributed by atoms with Gasteiger partial charge in [0.25, 0.3) is 0 Å². The van der Waals surface area contributed by atoms with Crippen molar-refractivity contribution in [3.8, 4) is 28.1 Å². The lowest BCUT2D eigenvalue weighted by Crippen LogP contribution is -2.40. The second-order valence-electron chi connectivity index (χ2n) is 13.3. The van der Waals surface area contributed by atoms with E-state index in [0.717, 1.165) is 59.9 Å². The lowest BCUT2D eigenvalue weighted by atomic mass is 9.80. The third kappa shape index (κ3) is 6.55. The molecule has 8 nitrogen and oxygen atoms in total. The van der Waals surface area contributed by atoms with E-state index in [2.05, 4.69) is 30.0 Å². The van der Waals surface area contributed by atoms with Crippen LogP contribution in [0.5, 0.6) is 5.75 Å². The fraction of sp³-hybridized carbons (Fsp3) is 0.378. The monoisotopic (exact) mass is 640 g/mol. The highest BCUT2D eigenvalue weighted by atomic mass is 35.5. The molecule has 1 atom stereocenters. The van der Waals surface area contributed by atoms with Crippen LogP contribution in [0.3, 0.4) is 0 Å². The number of piperidine rings is 1. The van der Waals surface area contributed by atoms with Gasteiger partial charge >= 0.3 is 5.97 Å². The number of aryl methyl sites for hydroxylation is 1. The molecule has 3 aliphatic rings. The maximum atomic E-state index is 13.4. The first-order valence-electron chi connectivity index (χ1n) is 15.7. The summed E-state index contributed by atoms with van der Waals surface area (Å²) in [5.74, 6) is 1.08. The summed E-state index contributed by atoms with van der Waals surface area (Å²) in [6.45, 7) is 12.0. The number of benzene rings is 2. The standard InChI is InChI=1S/C37H41ClN4O4/c1-24-32(33(35(43)44-6)46-36(2,3)4)34-41-18-16-37(5,17-19-41)15-8-7-9-20-45-30-14-13-27(38)22-28(30)25-11-10-12-26(21-25)29-23-31(39-24)42(34)40-29/h7-15,21-23,33H,16-20H2,1-6H3/t33-/m0/s1. The Balaban J connectivity index is 1.58. The molecule has 0 amide bonds. The number of ether oxygens (including phenoxy) is 3. The topological polar surface area (TPSA) is 78.2 Å². The fourth-order valence-electron chi connectivity index (χ4n) is 6.21. The summed E-state index contributed by atoms with van der Waals surface area (Å²) in [6, 6.07) is 15.8. The average Bonchev–Trinajstić information content (AvgIpc) is 3.44. The first kappa shape index (κ1) is 31.8. The minimum atomic E-state index is -0.978. The molecule has 2 aromatic heterocycles. The van der Waals surface area contributed by atoms with Crippen LogP contribution in [0, 0.1) is 12.3 Å². The number of methoxy groups -OCH3 is 1. The molecule has 0 N–H and O–H groups in total. The molecule has 1 fully saturated rings. The Bertz CT molecular complexity index is 1830. The highest BCUT2D eigenvalue weighted by Gasteiger charge is 2.37. The summed E-state index contributed by atoms with van der Waals surface area (Å²) in [5.41, 5.74) is 4.99. The number of rotatable bonds is 3. The number of carbonyl (C=O) groups excluding carboxylic acids is 1. The van der Waals surface area contributed by atoms with Crippen molar-refractivity contribution in [2.45, 2.75) is 59.2 Å². The molecular formula is C37H41ClN4O4. The van der Waals surface area contributed by atoms with Gasteiger partial charge in [-0.15, -0.1) is 0 Å². The van der Waals surface area contributed by atoms with Gasteiger partial charge in [-0.25, -0.2) is 9.78 Å². The molecule has 46 heavy (non-hydrogen) atoms. The zero-order chi connectivity index (χ0) is 32.6. The minimum Gasteiger partial charge on any atom is -0.489 e. The van der Waals surface area contributed by atoms with E-state index in [4.69, 9.17) is 35.9 Å². The van der Waals surface area contributed by atoms with Crippen molar-refractivity contribution < 1.29 is 19.0 Å². The summed E-state index contributed by atoms with van der Waals surface area (Å²) < 4.78 is 19.8. The molecule has 0 aliphatic carbocycles. The molecule has 3 aliphatic heterocycles. The van der Waals surface area contributed by atoms with Crippen molar-refractivity contribution in [2.75, 3.05) is 31.7 Å². The lowest BCUT2D eigenvalue weighted by Gasteiger charge is -2.40. The second-order valence-corrected chi connectivity index (χ2v) is 13.8. The van der Waals surface area contributed by atoms with Gasteiger partial charge in [0.15, 0.2) is 11.8 Å². The summed E-state index contributed by atoms with van der Waals surface area (Å²) in [6.07, 6.45) is 9.33. The number of anilines is 1. The molecule has 0 radical (unpaired) electrons. The van der Waals surface area contributed by atoms with Gasteiger partial charge in [-0.05, 0) is 81.9 Å². The normalized spacial score (nSPS) is 16.8. The number of esters is 1. The number of hydrogen-bond donors (Lipinski definition) is 0. The Hall–Kier alpha value is -4.14. The number of fused-ring (bicyclic) bond motifs is 5. The molecule has 4 aromatic rings. The van der Waals surface area contributed by atoms with Crippen LogP contribution in [0.2, 0.25) is 5.02 Å². The number of aromatic nitrogens is 3. The summed E-state index contributed by atoms with van der Waals surface area (Å²) in [4.78, 5) is 20.6. The lowest BCUT2D eigenvalue weighted by molar-refractivity contribution is -0.164. The Morgan fingerprint density at radius 3 is 2.57 bits per heavy atom. The zero-order valence-electron chi connectivity index (χ0n) is 27.3. The van der Waals surface area contributed by atoms with E-state index in [1.165, 1.54) is 7.11 Å². The molecule has 0 saturated carbocycles. The molecule has 1 saturated heterocycles. The molecular weight excluding hydrogens is 600 g/mol. The summed E-state index contributed by atoms with van der Waals surface area (Å²) in [7, 11) is 1.39. The Kier molecular flexibility index (Phi) is 8.70. The number of allylic oxidation sites excluding steroid dienone is 3. The fourth-order valence-corrected chi connectivity index (χ4v) is 6.38. The second kappa shape index (κ2) is 12.6. The minimum absolute atomic E-state index is 0.00735. The third-order valence-corrected chi connectivity index (χ3v) is 8.89. The van der Waals surface area contributed by atoms with Gasteiger partial charge in [0.05, 0.1) is 24.0 Å². The molecule has 7 rings (SSSR count). The van der Waals surface area contributed by atoms with E-state index in [9.17, 15) is 4.79 Å². The van der Waals surface area contributed by atoms with Crippen molar-refractivity contribution in [2.24, 2.45) is 5.41 Å². The van der Waals surface area contributed by atoms with Crippen molar-refractivity contribution in [3.63, 3.8) is 0 Å². The average molecular weight is 641 g/mol. The van der Waals surface area contributed by atoms with Crippen molar-refractivity contribution in [1.29, 1.82) is 0 Å². The van der Waals surface area contributed by atoms with E-state index >= 15 is 0 Å². The van der Waals surface area contributed by atoms with E-state index in [1.807, 2.05) is 86.8 Å². The van der Waals surface area contributed by atoms with Gasteiger partial charge in [0.1, 0.15) is 18.2 Å². The molecule has 9 heteroatoms. The predicted octanol–water partition coefficient (Wildman–Crippen LogP) is 8.17. The maximum absolute atomic E-state index is 13.4. The highest BCUT2D eigenvalue weighted by molar-refractivity contribution is 6.31. The zero-order valence-corrected chi connectivity index (χ0v) is 28.1. The summed E-state index contributed by atoms with van der Waals surface area (Å²) >= 11 is 6.46. The van der Waals surface area contributed by atoms with E-state index in [-0.39, 0.29) is 5.41 Å². The van der Waals surface area contributed by atoms with Crippen LogP contribution in [-0.4, -0.2) is 53.0 Å². The first-order valence-corrected chi connectivity index (χ1v) is 16.1. The van der Waals surface area contributed by atoms with Crippen LogP contribution in [0.25, 0.3) is 28.0 Å². The van der Waals surface area contributed by atoms with Crippen LogP contribution in [0.4, 0.5) is 5.82 Å². The van der Waals surface area contributed by atoms with E-state index < -0.39 is 17.7 Å². The maximum Gasteiger partial charge on any atom is 0.339 e. The van der Waals surface area contributed by atoms with Crippen molar-refractivity contribution >= 4 is 29.0 Å². The van der Waals surface area contributed by atoms with Crippen LogP contribution < -0.4 is 9.64 Å². The quantitative estimate of drug-likeness (QED) is 0.209. The number of halogens is 1. The number of carbonyl (C=O) groups is 1. The van der Waals surface area contributed by atoms with Crippen molar-refractivity contribution in [1.82, 2.24) is 14.6 Å².